The van der Waals surface area contributed by atoms with E-state index in [2.05, 4.69) is 5.32 Å². The number of carbonyl (C=O) groups is 3. The second-order valence-corrected chi connectivity index (χ2v) is 6.12. The average molecular weight is 393 g/mol. The number of piperazine rings is 1. The van der Waals surface area contributed by atoms with Crippen molar-refractivity contribution in [3.05, 3.63) is 24.3 Å². The number of hydrogen-bond acceptors (Lipinski definition) is 6. The molecule has 1 fully saturated rings. The number of carbonyl (C=O) groups excluding carboxylic acids is 3. The zero-order valence-electron chi connectivity index (χ0n) is 16.3. The van der Waals surface area contributed by atoms with Crippen LogP contribution in [0.25, 0.3) is 0 Å². The molecule has 3 amide bonds. The van der Waals surface area contributed by atoms with Gasteiger partial charge in [0.25, 0.3) is 0 Å². The predicted molar refractivity (Wildman–Crippen MR) is 101 cm³/mol. The molecule has 0 unspecified atom stereocenters. The lowest BCUT2D eigenvalue weighted by molar-refractivity contribution is -0.137. The predicted octanol–water partition coefficient (Wildman–Crippen LogP) is 0.881. The Morgan fingerprint density at radius 3 is 2.21 bits per heavy atom. The smallest absolute Gasteiger partial charge is 0.409 e. The summed E-state index contributed by atoms with van der Waals surface area (Å²) in [5, 5.41) is 2.67. The van der Waals surface area contributed by atoms with Gasteiger partial charge in [-0.1, -0.05) is 0 Å². The van der Waals surface area contributed by atoms with E-state index in [9.17, 15) is 14.4 Å². The van der Waals surface area contributed by atoms with E-state index in [1.807, 2.05) is 0 Å². The molecule has 0 atom stereocenters. The summed E-state index contributed by atoms with van der Waals surface area (Å²) < 4.78 is 15.5. The Morgan fingerprint density at radius 1 is 1.00 bits per heavy atom. The highest BCUT2D eigenvalue weighted by atomic mass is 16.6. The van der Waals surface area contributed by atoms with Gasteiger partial charge in [0, 0.05) is 26.2 Å². The number of hydrogen-bond donors (Lipinski definition) is 1. The van der Waals surface area contributed by atoms with Gasteiger partial charge in [-0.2, -0.15) is 0 Å². The van der Waals surface area contributed by atoms with Gasteiger partial charge >= 0.3 is 6.09 Å². The van der Waals surface area contributed by atoms with Crippen molar-refractivity contribution in [1.82, 2.24) is 15.1 Å². The minimum atomic E-state index is -0.371. The van der Waals surface area contributed by atoms with E-state index in [4.69, 9.17) is 14.2 Å². The monoisotopic (exact) mass is 393 g/mol. The Balaban J connectivity index is 1.62. The molecule has 0 saturated carbocycles. The number of ether oxygens (including phenoxy) is 3. The Morgan fingerprint density at radius 2 is 1.61 bits per heavy atom. The number of nitrogens with zero attached hydrogens (tertiary/aromatic N) is 2. The number of rotatable bonds is 8. The lowest BCUT2D eigenvalue weighted by atomic mass is 10.2. The minimum Gasteiger partial charge on any atom is -0.497 e. The van der Waals surface area contributed by atoms with Gasteiger partial charge in [0.2, 0.25) is 11.8 Å². The van der Waals surface area contributed by atoms with Crippen LogP contribution >= 0.6 is 0 Å². The van der Waals surface area contributed by atoms with Crippen LogP contribution in [0.5, 0.6) is 11.5 Å². The molecular formula is C19H27N3O6. The molecule has 0 aromatic heterocycles. The van der Waals surface area contributed by atoms with Gasteiger partial charge in [-0.15, -0.1) is 0 Å². The molecular weight excluding hydrogens is 366 g/mol. The fraction of sp³-hybridized carbons (Fsp3) is 0.526. The molecule has 1 aromatic rings. The standard InChI is InChI=1S/C19H27N3O6/c1-3-27-19(25)22-11-9-21(10-12-22)18(24)14-17(23)20-8-13-28-16-6-4-15(26-2)5-7-16/h4-7H,3,8-14H2,1-2H3,(H,20,23). The first-order chi connectivity index (χ1) is 13.5. The molecule has 0 radical (unpaired) electrons. The summed E-state index contributed by atoms with van der Waals surface area (Å²) in [7, 11) is 1.59. The van der Waals surface area contributed by atoms with Crippen LogP contribution in [0, 0.1) is 0 Å². The maximum Gasteiger partial charge on any atom is 0.409 e. The number of amides is 3. The first-order valence-electron chi connectivity index (χ1n) is 9.26. The van der Waals surface area contributed by atoms with Gasteiger partial charge in [0.15, 0.2) is 0 Å². The van der Waals surface area contributed by atoms with E-state index < -0.39 is 0 Å². The Bertz CT molecular complexity index is 656. The number of methoxy groups -OCH3 is 1. The summed E-state index contributed by atoms with van der Waals surface area (Å²) in [4.78, 5) is 38.9. The fourth-order valence-electron chi connectivity index (χ4n) is 2.70. The topological polar surface area (TPSA) is 97.4 Å². The van der Waals surface area contributed by atoms with Crippen molar-refractivity contribution in [3.63, 3.8) is 0 Å². The van der Waals surface area contributed by atoms with Crippen molar-refractivity contribution >= 4 is 17.9 Å². The molecule has 1 aliphatic heterocycles. The van der Waals surface area contributed by atoms with Gasteiger partial charge < -0.3 is 29.3 Å². The van der Waals surface area contributed by atoms with Crippen LogP contribution in [-0.4, -0.2) is 80.8 Å². The molecule has 1 aliphatic rings. The van der Waals surface area contributed by atoms with Crippen LogP contribution in [0.2, 0.25) is 0 Å². The van der Waals surface area contributed by atoms with Crippen molar-refractivity contribution in [2.75, 3.05) is 53.0 Å². The second-order valence-electron chi connectivity index (χ2n) is 6.12. The zero-order chi connectivity index (χ0) is 20.4. The van der Waals surface area contributed by atoms with Gasteiger partial charge in [-0.05, 0) is 31.2 Å². The summed E-state index contributed by atoms with van der Waals surface area (Å²) in [5.74, 6) is 0.807. The Kier molecular flexibility index (Phi) is 8.38. The average Bonchev–Trinajstić information content (AvgIpc) is 2.72. The third kappa shape index (κ3) is 6.64. The fourth-order valence-corrected chi connectivity index (χ4v) is 2.70. The van der Waals surface area contributed by atoms with Crippen LogP contribution in [0.1, 0.15) is 13.3 Å². The summed E-state index contributed by atoms with van der Waals surface area (Å²) in [6.45, 7) is 4.26. The highest BCUT2D eigenvalue weighted by Crippen LogP contribution is 2.16. The van der Waals surface area contributed by atoms with Crippen LogP contribution in [-0.2, 0) is 14.3 Å². The molecule has 1 N–H and O–H groups in total. The molecule has 0 aliphatic carbocycles. The van der Waals surface area contributed by atoms with Gasteiger partial charge in [0.05, 0.1) is 20.3 Å². The molecule has 154 valence electrons. The van der Waals surface area contributed by atoms with Gasteiger partial charge in [0.1, 0.15) is 24.5 Å². The van der Waals surface area contributed by atoms with E-state index in [0.29, 0.717) is 51.7 Å². The molecule has 0 spiro atoms. The van der Waals surface area contributed by atoms with E-state index in [1.54, 1.807) is 48.1 Å². The van der Waals surface area contributed by atoms with Crippen LogP contribution < -0.4 is 14.8 Å². The van der Waals surface area contributed by atoms with Crippen LogP contribution in [0.3, 0.4) is 0 Å². The van der Waals surface area contributed by atoms with E-state index >= 15 is 0 Å². The van der Waals surface area contributed by atoms with E-state index in [-0.39, 0.29) is 24.3 Å². The Hall–Kier alpha value is -2.97. The number of benzene rings is 1. The summed E-state index contributed by atoms with van der Waals surface area (Å²) in [6.07, 6.45) is -0.591. The van der Waals surface area contributed by atoms with E-state index in [1.165, 1.54) is 0 Å². The summed E-state index contributed by atoms with van der Waals surface area (Å²) in [5.41, 5.74) is 0. The van der Waals surface area contributed by atoms with E-state index in [0.717, 1.165) is 5.75 Å². The second kappa shape index (κ2) is 11.0. The quantitative estimate of drug-likeness (QED) is 0.520. The third-order valence-electron chi connectivity index (χ3n) is 4.22. The maximum absolute atomic E-state index is 12.2. The van der Waals surface area contributed by atoms with Gasteiger partial charge in [-0.3, -0.25) is 9.59 Å². The largest absolute Gasteiger partial charge is 0.497 e. The molecule has 0 bridgehead atoms. The lowest BCUT2D eigenvalue weighted by Crippen LogP contribution is -2.51. The third-order valence-corrected chi connectivity index (χ3v) is 4.22. The van der Waals surface area contributed by atoms with Crippen LogP contribution in [0.15, 0.2) is 24.3 Å². The summed E-state index contributed by atoms with van der Waals surface area (Å²) >= 11 is 0. The number of nitrogens with one attached hydrogen (secondary N) is 1. The molecule has 1 heterocycles. The van der Waals surface area contributed by atoms with Crippen molar-refractivity contribution in [2.24, 2.45) is 0 Å². The maximum atomic E-state index is 12.2. The van der Waals surface area contributed by atoms with Crippen LogP contribution in [0.4, 0.5) is 4.79 Å². The molecule has 1 saturated heterocycles. The van der Waals surface area contributed by atoms with Crippen molar-refractivity contribution < 1.29 is 28.6 Å². The normalized spacial score (nSPS) is 13.6. The molecule has 9 heteroatoms. The highest BCUT2D eigenvalue weighted by Gasteiger charge is 2.25. The van der Waals surface area contributed by atoms with Crippen molar-refractivity contribution in [1.29, 1.82) is 0 Å². The van der Waals surface area contributed by atoms with Crippen molar-refractivity contribution in [2.45, 2.75) is 13.3 Å². The van der Waals surface area contributed by atoms with Crippen molar-refractivity contribution in [3.8, 4) is 11.5 Å². The minimum absolute atomic E-state index is 0.220. The first-order valence-corrected chi connectivity index (χ1v) is 9.26. The Labute approximate surface area is 164 Å². The zero-order valence-corrected chi connectivity index (χ0v) is 16.3. The molecule has 2 rings (SSSR count). The SMILES string of the molecule is CCOC(=O)N1CCN(C(=O)CC(=O)NCCOc2ccc(OC)cc2)CC1. The molecule has 28 heavy (non-hydrogen) atoms. The van der Waals surface area contributed by atoms with Gasteiger partial charge in [-0.25, -0.2) is 4.79 Å². The molecule has 9 nitrogen and oxygen atoms in total. The molecule has 1 aromatic carbocycles. The first kappa shape index (κ1) is 21.3. The lowest BCUT2D eigenvalue weighted by Gasteiger charge is -2.34. The highest BCUT2D eigenvalue weighted by molar-refractivity contribution is 5.96. The summed E-state index contributed by atoms with van der Waals surface area (Å²) in [6, 6.07) is 7.13.